The van der Waals surface area contributed by atoms with E-state index in [0.717, 1.165) is 77.4 Å². The normalized spacial score (nSPS) is 12.0. The zero-order valence-electron chi connectivity index (χ0n) is 47.7. The summed E-state index contributed by atoms with van der Waals surface area (Å²) in [6.07, 6.45) is 0. The molecule has 0 spiro atoms. The number of para-hydroxylation sites is 5. The molecule has 0 aliphatic rings. The van der Waals surface area contributed by atoms with E-state index in [1.165, 1.54) is 44.5 Å². The molecule has 0 atom stereocenters. The second-order valence-electron chi connectivity index (χ2n) is 23.0. The number of imidazole rings is 2. The largest absolute Gasteiger partial charge is 2.00 e. The van der Waals surface area contributed by atoms with Crippen molar-refractivity contribution in [2.24, 2.45) is 0 Å². The molecule has 0 saturated heterocycles. The first-order valence-corrected chi connectivity index (χ1v) is 28.7. The van der Waals surface area contributed by atoms with Gasteiger partial charge in [0, 0.05) is 45.1 Å². The van der Waals surface area contributed by atoms with Gasteiger partial charge in [0.05, 0.1) is 50.3 Å². The van der Waals surface area contributed by atoms with Gasteiger partial charge in [0.2, 0.25) is 0 Å². The van der Waals surface area contributed by atoms with Crippen LogP contribution in [0.5, 0.6) is 11.5 Å². The average molecular weight is 1260 g/mol. The van der Waals surface area contributed by atoms with E-state index in [4.69, 9.17) is 24.1 Å². The maximum absolute atomic E-state index is 7.15. The molecule has 0 amide bonds. The molecule has 0 radical (unpaired) electrons. The van der Waals surface area contributed by atoms with Crippen LogP contribution in [0, 0.1) is 12.1 Å². The van der Waals surface area contributed by atoms with Gasteiger partial charge in [-0.2, -0.15) is 0 Å². The first-order valence-electron chi connectivity index (χ1n) is 28.7. The van der Waals surface area contributed by atoms with E-state index in [0.29, 0.717) is 34.1 Å². The van der Waals surface area contributed by atoms with Crippen LogP contribution in [0.2, 0.25) is 0 Å². The molecule has 0 aliphatic heterocycles. The monoisotopic (exact) mass is 1260 g/mol. The SMILES string of the molecule is CC(C)c1cc(-c2ccccc2)cc(C(C)C)c1-n1c(-c2[c-]c(Oc3[c-]c(-c4nc5ccccc5n4-c4c(C(C)C)cc(-c5ccccc5)cc4C(C)C)c4oc5cc6nc7ccccc7cc6cc5c4c3)ccc2)nc2ccccc21.[Pt+2]. The Morgan fingerprint density at radius 3 is 1.47 bits per heavy atom. The molecule has 4 aromatic heterocycles. The van der Waals surface area contributed by atoms with Gasteiger partial charge in [-0.15, -0.1) is 23.8 Å². The Bertz CT molecular complexity index is 4740. The van der Waals surface area contributed by atoms with Crippen LogP contribution >= 0.6 is 0 Å². The third-order valence-corrected chi connectivity index (χ3v) is 16.2. The number of rotatable bonds is 12. The summed E-state index contributed by atoms with van der Waals surface area (Å²) >= 11 is 0. The molecule has 4 heterocycles. The zero-order valence-corrected chi connectivity index (χ0v) is 50.0. The minimum Gasteiger partial charge on any atom is -0.500 e. The minimum atomic E-state index is 0. The van der Waals surface area contributed by atoms with Gasteiger partial charge >= 0.3 is 21.1 Å². The van der Waals surface area contributed by atoms with Crippen LogP contribution in [-0.4, -0.2) is 24.1 Å². The quantitative estimate of drug-likeness (QED) is 0.0900. The Hall–Kier alpha value is -8.90. The van der Waals surface area contributed by atoms with Gasteiger partial charge in [-0.1, -0.05) is 188 Å². The van der Waals surface area contributed by atoms with Crippen molar-refractivity contribution in [3.63, 3.8) is 0 Å². The van der Waals surface area contributed by atoms with E-state index >= 15 is 0 Å². The maximum Gasteiger partial charge on any atom is 2.00 e. The van der Waals surface area contributed by atoms with Gasteiger partial charge in [0.1, 0.15) is 5.58 Å². The number of hydrogen-bond acceptors (Lipinski definition) is 5. The van der Waals surface area contributed by atoms with Crippen molar-refractivity contribution < 1.29 is 30.2 Å². The summed E-state index contributed by atoms with van der Waals surface area (Å²) in [4.78, 5) is 16.1. The zero-order chi connectivity index (χ0) is 55.9. The molecular formula is C75H61N5O2Pt. The van der Waals surface area contributed by atoms with Gasteiger partial charge in [-0.3, -0.25) is 9.97 Å². The van der Waals surface area contributed by atoms with Gasteiger partial charge in [0.25, 0.3) is 0 Å². The fourth-order valence-electron chi connectivity index (χ4n) is 12.1. The third kappa shape index (κ3) is 9.42. The van der Waals surface area contributed by atoms with Gasteiger partial charge in [-0.05, 0) is 135 Å². The molecular weight excluding hydrogens is 1200 g/mol. The van der Waals surface area contributed by atoms with E-state index in [1.807, 2.05) is 18.2 Å². The molecule has 83 heavy (non-hydrogen) atoms. The fraction of sp³-hybridized carbons (Fsp3) is 0.160. The van der Waals surface area contributed by atoms with Crippen molar-refractivity contribution >= 4 is 65.8 Å². The molecule has 408 valence electrons. The molecule has 0 N–H and O–H groups in total. The Morgan fingerprint density at radius 2 is 0.904 bits per heavy atom. The molecule has 0 fully saturated rings. The molecule has 8 heteroatoms. The maximum atomic E-state index is 7.15. The molecule has 0 unspecified atom stereocenters. The summed E-state index contributed by atoms with van der Waals surface area (Å²) in [6.45, 7) is 18.3. The summed E-state index contributed by atoms with van der Waals surface area (Å²) in [7, 11) is 0. The Kier molecular flexibility index (Phi) is 13.8. The third-order valence-electron chi connectivity index (χ3n) is 16.2. The first kappa shape index (κ1) is 53.4. The first-order chi connectivity index (χ1) is 39.9. The Morgan fingerprint density at radius 1 is 0.398 bits per heavy atom. The number of hydrogen-bond donors (Lipinski definition) is 0. The van der Waals surface area contributed by atoms with Crippen molar-refractivity contribution in [1.82, 2.24) is 24.1 Å². The topological polar surface area (TPSA) is 70.9 Å². The molecule has 14 rings (SSSR count). The minimum absolute atomic E-state index is 0. The van der Waals surface area contributed by atoms with Crippen molar-refractivity contribution in [1.29, 1.82) is 0 Å². The molecule has 0 saturated carbocycles. The Labute approximate surface area is 498 Å². The van der Waals surface area contributed by atoms with Crippen molar-refractivity contribution in [2.45, 2.75) is 79.1 Å². The van der Waals surface area contributed by atoms with E-state index < -0.39 is 0 Å². The van der Waals surface area contributed by atoms with Crippen LogP contribution in [-0.2, 0) is 21.1 Å². The van der Waals surface area contributed by atoms with Crippen molar-refractivity contribution in [3.05, 3.63) is 235 Å². The fourth-order valence-corrected chi connectivity index (χ4v) is 12.1. The summed E-state index contributed by atoms with van der Waals surface area (Å²) in [5, 5.41) is 3.90. The summed E-state index contributed by atoms with van der Waals surface area (Å²) in [6, 6.07) is 78.1. The molecule has 14 aromatic rings. The average Bonchev–Trinajstić information content (AvgIpc) is 2.62. The summed E-state index contributed by atoms with van der Waals surface area (Å²) in [5.41, 5.74) is 20.4. The molecule has 0 bridgehead atoms. The molecule has 10 aromatic carbocycles. The summed E-state index contributed by atoms with van der Waals surface area (Å²) < 4.78 is 19.0. The van der Waals surface area contributed by atoms with Crippen LogP contribution in [0.15, 0.2) is 205 Å². The van der Waals surface area contributed by atoms with Gasteiger partial charge < -0.3 is 18.3 Å². The number of pyridine rings is 1. The van der Waals surface area contributed by atoms with Crippen molar-refractivity contribution in [2.75, 3.05) is 0 Å². The second-order valence-corrected chi connectivity index (χ2v) is 23.0. The van der Waals surface area contributed by atoms with E-state index in [9.17, 15) is 0 Å². The summed E-state index contributed by atoms with van der Waals surface area (Å²) in [5.74, 6) is 3.27. The number of furan rings is 1. The van der Waals surface area contributed by atoms with E-state index in [-0.39, 0.29) is 44.7 Å². The van der Waals surface area contributed by atoms with Crippen LogP contribution in [0.4, 0.5) is 0 Å². The predicted octanol–water partition coefficient (Wildman–Crippen LogP) is 20.5. The number of aromatic nitrogens is 5. The number of nitrogens with zero attached hydrogens (tertiary/aromatic N) is 5. The smallest absolute Gasteiger partial charge is 0.500 e. The second kappa shape index (κ2) is 21.4. The van der Waals surface area contributed by atoms with Crippen molar-refractivity contribution in [3.8, 4) is 67.9 Å². The van der Waals surface area contributed by atoms with E-state index in [2.05, 4.69) is 259 Å². The molecule has 7 nitrogen and oxygen atoms in total. The van der Waals surface area contributed by atoms with Gasteiger partial charge in [-0.25, -0.2) is 4.98 Å². The standard InChI is InChI=1S/C75H61N5O2.Pt/c1-44(2)57-36-52(48-22-11-9-12-23-48)37-58(45(3)4)71(57)79-68-32-19-17-30-65(68)77-74(79)51-27-21-28-55(35-51)81-56-41-62-61-40-54-34-50-26-15-16-29-64(50)76-67(54)43-70(61)82-73(62)63(42-56)75-78-66-31-18-20-33-69(66)80(75)72-59(46(5)6)38-53(39-60(72)47(7)8)49-24-13-10-14-25-49;/h9-34,36-41,43-47H,1-8H3;/q-2;+2. The number of fused-ring (bicyclic) bond motifs is 7. The Balaban J connectivity index is 0.00000645. The predicted molar refractivity (Wildman–Crippen MR) is 338 cm³/mol. The van der Waals surface area contributed by atoms with Crippen LogP contribution in [0.3, 0.4) is 0 Å². The van der Waals surface area contributed by atoms with Crippen LogP contribution in [0.25, 0.3) is 122 Å². The van der Waals surface area contributed by atoms with Gasteiger partial charge in [0.15, 0.2) is 0 Å². The van der Waals surface area contributed by atoms with Crippen LogP contribution in [0.1, 0.15) is 101 Å². The van der Waals surface area contributed by atoms with Crippen LogP contribution < -0.4 is 4.74 Å². The number of benzene rings is 10. The molecule has 0 aliphatic carbocycles. The van der Waals surface area contributed by atoms with E-state index in [1.54, 1.807) is 0 Å². The number of ether oxygens (including phenoxy) is 1.